The Balaban J connectivity index is 0.00000320. The van der Waals surface area contributed by atoms with Gasteiger partial charge in [-0.05, 0) is 63.6 Å². The summed E-state index contributed by atoms with van der Waals surface area (Å²) in [6, 6.07) is 5.57. The molecule has 2 aliphatic rings. The molecule has 0 spiro atoms. The van der Waals surface area contributed by atoms with Crippen LogP contribution in [-0.2, 0) is 11.3 Å². The molecule has 3 N–H and O–H groups in total. The van der Waals surface area contributed by atoms with Gasteiger partial charge in [0.25, 0.3) is 0 Å². The number of carbonyl (C=O) groups excluding carboxylic acids is 1. The number of benzene rings is 1. The summed E-state index contributed by atoms with van der Waals surface area (Å²) in [5.41, 5.74) is 0.786. The minimum absolute atomic E-state index is 0. The standard InChI is InChI=1S/C22H33FN4O2.HI/c1-3-24-22(25-14-15-8-11-20(29-4-2)19(23)12-15)27-18-7-5-6-16(13-18)21(28)26-17-9-10-17;/h8,11-12,16-18H,3-7,9-10,13-14H2,1-2H3,(H,26,28)(H2,24,25,27);1H. The van der Waals surface area contributed by atoms with Crippen molar-refractivity contribution in [2.24, 2.45) is 10.9 Å². The van der Waals surface area contributed by atoms with Gasteiger partial charge in [0.05, 0.1) is 13.2 Å². The predicted molar refractivity (Wildman–Crippen MR) is 128 cm³/mol. The minimum atomic E-state index is -0.366. The highest BCUT2D eigenvalue weighted by atomic mass is 127. The van der Waals surface area contributed by atoms with Gasteiger partial charge < -0.3 is 20.7 Å². The van der Waals surface area contributed by atoms with E-state index in [1.807, 2.05) is 19.9 Å². The van der Waals surface area contributed by atoms with Crippen LogP contribution in [0.15, 0.2) is 23.2 Å². The molecule has 2 aliphatic carbocycles. The average molecular weight is 532 g/mol. The molecular weight excluding hydrogens is 498 g/mol. The maximum Gasteiger partial charge on any atom is 0.223 e. The molecule has 3 rings (SSSR count). The molecule has 0 radical (unpaired) electrons. The molecule has 8 heteroatoms. The van der Waals surface area contributed by atoms with E-state index in [0.29, 0.717) is 25.2 Å². The Morgan fingerprint density at radius 1 is 1.17 bits per heavy atom. The summed E-state index contributed by atoms with van der Waals surface area (Å²) in [5, 5.41) is 9.85. The molecule has 6 nitrogen and oxygen atoms in total. The van der Waals surface area contributed by atoms with Crippen molar-refractivity contribution < 1.29 is 13.9 Å². The van der Waals surface area contributed by atoms with E-state index in [-0.39, 0.29) is 53.4 Å². The number of nitrogens with zero attached hydrogens (tertiary/aromatic N) is 1. The number of ether oxygens (including phenoxy) is 1. The van der Waals surface area contributed by atoms with Crippen molar-refractivity contribution in [3.05, 3.63) is 29.6 Å². The first-order valence-electron chi connectivity index (χ1n) is 10.9. The average Bonchev–Trinajstić information content (AvgIpc) is 3.52. The highest BCUT2D eigenvalue weighted by Gasteiger charge is 2.31. The molecule has 1 amide bonds. The van der Waals surface area contributed by atoms with Gasteiger partial charge in [0.2, 0.25) is 5.91 Å². The SMILES string of the molecule is CCNC(=NCc1ccc(OCC)c(F)c1)NC1CCCC(C(=O)NC2CC2)C1.I. The molecule has 1 aromatic carbocycles. The zero-order valence-electron chi connectivity index (χ0n) is 17.9. The van der Waals surface area contributed by atoms with Crippen LogP contribution >= 0.6 is 24.0 Å². The Hall–Kier alpha value is -1.58. The van der Waals surface area contributed by atoms with Crippen molar-refractivity contribution in [2.75, 3.05) is 13.2 Å². The van der Waals surface area contributed by atoms with Crippen molar-refractivity contribution in [1.29, 1.82) is 0 Å². The molecule has 2 atom stereocenters. The first-order chi connectivity index (χ1) is 14.1. The third-order valence-electron chi connectivity index (χ3n) is 5.37. The van der Waals surface area contributed by atoms with Crippen LogP contribution in [-0.4, -0.2) is 37.1 Å². The van der Waals surface area contributed by atoms with Crippen LogP contribution in [0.5, 0.6) is 5.75 Å². The lowest BCUT2D eigenvalue weighted by Gasteiger charge is -2.30. The largest absolute Gasteiger partial charge is 0.491 e. The molecule has 0 aromatic heterocycles. The number of hydrogen-bond acceptors (Lipinski definition) is 3. The van der Waals surface area contributed by atoms with E-state index in [1.165, 1.54) is 6.07 Å². The van der Waals surface area contributed by atoms with Crippen LogP contribution in [0.3, 0.4) is 0 Å². The molecule has 2 saturated carbocycles. The van der Waals surface area contributed by atoms with Gasteiger partial charge in [0.15, 0.2) is 17.5 Å². The van der Waals surface area contributed by atoms with Crippen LogP contribution in [0.2, 0.25) is 0 Å². The van der Waals surface area contributed by atoms with E-state index in [4.69, 9.17) is 4.74 Å². The maximum absolute atomic E-state index is 14.1. The Labute approximate surface area is 195 Å². The van der Waals surface area contributed by atoms with Gasteiger partial charge in [0, 0.05) is 24.5 Å². The molecule has 168 valence electrons. The zero-order chi connectivity index (χ0) is 20.6. The number of aliphatic imine (C=N–C) groups is 1. The Morgan fingerprint density at radius 2 is 1.97 bits per heavy atom. The second kappa shape index (κ2) is 12.3. The van der Waals surface area contributed by atoms with Gasteiger partial charge in [-0.1, -0.05) is 12.5 Å². The van der Waals surface area contributed by atoms with Crippen LogP contribution < -0.4 is 20.7 Å². The highest BCUT2D eigenvalue weighted by molar-refractivity contribution is 14.0. The van der Waals surface area contributed by atoms with Crippen LogP contribution in [0.4, 0.5) is 4.39 Å². The predicted octanol–water partition coefficient (Wildman–Crippen LogP) is 3.73. The highest BCUT2D eigenvalue weighted by Crippen LogP contribution is 2.27. The second-order valence-corrected chi connectivity index (χ2v) is 7.88. The summed E-state index contributed by atoms with van der Waals surface area (Å²) in [7, 11) is 0. The number of nitrogens with one attached hydrogen (secondary N) is 3. The molecule has 2 fully saturated rings. The van der Waals surface area contributed by atoms with E-state index in [9.17, 15) is 9.18 Å². The van der Waals surface area contributed by atoms with E-state index >= 15 is 0 Å². The van der Waals surface area contributed by atoms with Crippen LogP contribution in [0.25, 0.3) is 0 Å². The Bertz CT molecular complexity index is 727. The molecule has 0 saturated heterocycles. The number of guanidine groups is 1. The molecule has 30 heavy (non-hydrogen) atoms. The second-order valence-electron chi connectivity index (χ2n) is 7.88. The number of amides is 1. The monoisotopic (exact) mass is 532 g/mol. The summed E-state index contributed by atoms with van der Waals surface area (Å²) in [4.78, 5) is 17.0. The Morgan fingerprint density at radius 3 is 2.63 bits per heavy atom. The number of rotatable bonds is 8. The van der Waals surface area contributed by atoms with Gasteiger partial charge in [-0.25, -0.2) is 9.38 Å². The number of carbonyl (C=O) groups is 1. The maximum atomic E-state index is 14.1. The summed E-state index contributed by atoms with van der Waals surface area (Å²) in [5.74, 6) is 0.878. The van der Waals surface area contributed by atoms with E-state index in [2.05, 4.69) is 20.9 Å². The van der Waals surface area contributed by atoms with Gasteiger partial charge in [0.1, 0.15) is 0 Å². The molecule has 1 aromatic rings. The molecule has 0 aliphatic heterocycles. The van der Waals surface area contributed by atoms with E-state index in [0.717, 1.165) is 50.6 Å². The number of halogens is 2. The normalized spacial score (nSPS) is 21.4. The fourth-order valence-corrected chi connectivity index (χ4v) is 3.70. The zero-order valence-corrected chi connectivity index (χ0v) is 20.2. The molecular formula is C22H34FIN4O2. The summed E-state index contributed by atoms with van der Waals surface area (Å²) in [6.07, 6.45) is 6.06. The van der Waals surface area contributed by atoms with Crippen LogP contribution in [0.1, 0.15) is 57.9 Å². The van der Waals surface area contributed by atoms with E-state index < -0.39 is 0 Å². The first kappa shape index (κ1) is 24.7. The third-order valence-corrected chi connectivity index (χ3v) is 5.37. The summed E-state index contributed by atoms with van der Waals surface area (Å²) >= 11 is 0. The lowest BCUT2D eigenvalue weighted by atomic mass is 9.85. The summed E-state index contributed by atoms with van der Waals surface area (Å²) < 4.78 is 19.3. The smallest absolute Gasteiger partial charge is 0.223 e. The van der Waals surface area contributed by atoms with Crippen LogP contribution in [0, 0.1) is 11.7 Å². The van der Waals surface area contributed by atoms with Gasteiger partial charge in [-0.3, -0.25) is 4.79 Å². The topological polar surface area (TPSA) is 74.8 Å². The van der Waals surface area contributed by atoms with Crippen molar-refractivity contribution >= 4 is 35.8 Å². The lowest BCUT2D eigenvalue weighted by Crippen LogP contribution is -2.47. The number of hydrogen-bond donors (Lipinski definition) is 3. The lowest BCUT2D eigenvalue weighted by molar-refractivity contribution is -0.126. The Kier molecular flexibility index (Phi) is 10.1. The molecule has 2 unspecified atom stereocenters. The van der Waals surface area contributed by atoms with Gasteiger partial charge in [-0.2, -0.15) is 0 Å². The minimum Gasteiger partial charge on any atom is -0.491 e. The first-order valence-corrected chi connectivity index (χ1v) is 10.9. The van der Waals surface area contributed by atoms with Crippen molar-refractivity contribution in [3.63, 3.8) is 0 Å². The fraction of sp³-hybridized carbons (Fsp3) is 0.636. The van der Waals surface area contributed by atoms with Gasteiger partial charge >= 0.3 is 0 Å². The third kappa shape index (κ3) is 7.59. The van der Waals surface area contributed by atoms with Crippen molar-refractivity contribution in [1.82, 2.24) is 16.0 Å². The molecule has 0 heterocycles. The van der Waals surface area contributed by atoms with E-state index in [1.54, 1.807) is 6.07 Å². The summed E-state index contributed by atoms with van der Waals surface area (Å²) in [6.45, 7) is 5.39. The molecule has 0 bridgehead atoms. The van der Waals surface area contributed by atoms with Crippen molar-refractivity contribution in [2.45, 2.75) is 71.0 Å². The quantitative estimate of drug-likeness (QED) is 0.271. The van der Waals surface area contributed by atoms with Crippen molar-refractivity contribution in [3.8, 4) is 5.75 Å². The fourth-order valence-electron chi connectivity index (χ4n) is 3.70. The van der Waals surface area contributed by atoms with Gasteiger partial charge in [-0.15, -0.1) is 24.0 Å².